The molecule has 0 aliphatic heterocycles. The second-order valence-corrected chi connectivity index (χ2v) is 8.00. The van der Waals surface area contributed by atoms with E-state index in [2.05, 4.69) is 10.6 Å². The summed E-state index contributed by atoms with van der Waals surface area (Å²) in [6.07, 6.45) is 5.92. The van der Waals surface area contributed by atoms with Gasteiger partial charge in [0.15, 0.2) is 0 Å². The van der Waals surface area contributed by atoms with Crippen LogP contribution in [0.1, 0.15) is 49.4 Å². The lowest BCUT2D eigenvalue weighted by molar-refractivity contribution is -0.129. The Kier molecular flexibility index (Phi) is 8.45. The molecule has 0 bridgehead atoms. The summed E-state index contributed by atoms with van der Waals surface area (Å²) in [6.45, 7) is 2.58. The fraction of sp³-hybridized carbons (Fsp3) is 0.600. The molecule has 0 radical (unpaired) electrons. The van der Waals surface area contributed by atoms with Crippen LogP contribution in [0, 0.1) is 0 Å². The Hall–Kier alpha value is -1.53. The first-order chi connectivity index (χ1) is 12.5. The van der Waals surface area contributed by atoms with Gasteiger partial charge in [0.2, 0.25) is 5.91 Å². The first-order valence-corrected chi connectivity index (χ1v) is 10.4. The molecule has 1 saturated carbocycles. The number of rotatable bonds is 8. The average molecular weight is 378 g/mol. The number of thioether (sulfide) groups is 1. The van der Waals surface area contributed by atoms with Crippen LogP contribution in [0.25, 0.3) is 0 Å². The average Bonchev–Trinajstić information content (AvgIpc) is 2.70. The minimum Gasteiger partial charge on any atom is -0.350 e. The van der Waals surface area contributed by atoms with Crippen LogP contribution in [0.5, 0.6) is 0 Å². The van der Waals surface area contributed by atoms with Crippen molar-refractivity contribution >= 4 is 23.6 Å². The van der Waals surface area contributed by atoms with Crippen molar-refractivity contribution in [3.63, 3.8) is 0 Å². The quantitative estimate of drug-likeness (QED) is 0.684. The third-order valence-electron chi connectivity index (χ3n) is 5.06. The molecular formula is C20H31N3O2S. The summed E-state index contributed by atoms with van der Waals surface area (Å²) in [6, 6.07) is 8.08. The highest BCUT2D eigenvalue weighted by atomic mass is 32.2. The van der Waals surface area contributed by atoms with E-state index in [4.69, 9.17) is 0 Å². The number of hydrogen-bond acceptors (Lipinski definition) is 4. The van der Waals surface area contributed by atoms with Gasteiger partial charge in [-0.2, -0.15) is 0 Å². The van der Waals surface area contributed by atoms with Gasteiger partial charge in [-0.25, -0.2) is 0 Å². The van der Waals surface area contributed by atoms with Gasteiger partial charge in [-0.05, 0) is 38.9 Å². The molecule has 1 unspecified atom stereocenters. The molecule has 0 heterocycles. The van der Waals surface area contributed by atoms with E-state index >= 15 is 0 Å². The minimum atomic E-state index is -0.0942. The van der Waals surface area contributed by atoms with Crippen molar-refractivity contribution in [3.8, 4) is 0 Å². The maximum absolute atomic E-state index is 12.5. The summed E-state index contributed by atoms with van der Waals surface area (Å²) in [7, 11) is 3.78. The molecule has 2 rings (SSSR count). The van der Waals surface area contributed by atoms with Gasteiger partial charge in [0.1, 0.15) is 0 Å². The number of benzene rings is 1. The Morgan fingerprint density at radius 2 is 1.92 bits per heavy atom. The molecule has 1 atom stereocenters. The molecule has 0 spiro atoms. The molecule has 144 valence electrons. The number of nitrogens with one attached hydrogen (secondary N) is 2. The third-order valence-corrected chi connectivity index (χ3v) is 6.12. The Balaban J connectivity index is 1.92. The zero-order valence-electron chi connectivity index (χ0n) is 16.1. The number of nitrogens with zero attached hydrogens (tertiary/aromatic N) is 1. The van der Waals surface area contributed by atoms with E-state index in [0.29, 0.717) is 23.9 Å². The predicted octanol–water partition coefficient (Wildman–Crippen LogP) is 2.91. The van der Waals surface area contributed by atoms with Crippen LogP contribution in [0.2, 0.25) is 0 Å². The lowest BCUT2D eigenvalue weighted by Crippen LogP contribution is -2.39. The van der Waals surface area contributed by atoms with E-state index in [1.807, 2.05) is 50.2 Å². The van der Waals surface area contributed by atoms with Crippen LogP contribution in [0.15, 0.2) is 29.2 Å². The molecule has 1 aliphatic rings. The summed E-state index contributed by atoms with van der Waals surface area (Å²) in [5, 5.41) is 6.04. The number of hydrogen-bond donors (Lipinski definition) is 2. The Morgan fingerprint density at radius 1 is 1.23 bits per heavy atom. The molecule has 1 aliphatic carbocycles. The Morgan fingerprint density at radius 3 is 2.62 bits per heavy atom. The Labute approximate surface area is 161 Å². The van der Waals surface area contributed by atoms with E-state index in [-0.39, 0.29) is 17.9 Å². The Bertz CT molecular complexity index is 602. The van der Waals surface area contributed by atoms with Crippen LogP contribution in [0.3, 0.4) is 0 Å². The van der Waals surface area contributed by atoms with Gasteiger partial charge in [0.05, 0.1) is 11.3 Å². The highest BCUT2D eigenvalue weighted by Crippen LogP contribution is 2.25. The molecule has 1 fully saturated rings. The summed E-state index contributed by atoms with van der Waals surface area (Å²) in [4.78, 5) is 27.8. The number of carbonyl (C=O) groups excluding carboxylic acids is 2. The van der Waals surface area contributed by atoms with Crippen molar-refractivity contribution in [1.29, 1.82) is 0 Å². The van der Waals surface area contributed by atoms with Gasteiger partial charge < -0.3 is 15.5 Å². The predicted molar refractivity (Wildman–Crippen MR) is 108 cm³/mol. The lowest BCUT2D eigenvalue weighted by Gasteiger charge is -2.31. The largest absolute Gasteiger partial charge is 0.350 e. The van der Waals surface area contributed by atoms with Gasteiger partial charge in [0, 0.05) is 30.6 Å². The normalized spacial score (nSPS) is 16.1. The van der Waals surface area contributed by atoms with Crippen molar-refractivity contribution in [1.82, 2.24) is 15.5 Å². The van der Waals surface area contributed by atoms with Gasteiger partial charge in [-0.1, -0.05) is 31.4 Å². The smallest absolute Gasteiger partial charge is 0.252 e. The van der Waals surface area contributed by atoms with Crippen molar-refractivity contribution < 1.29 is 9.59 Å². The van der Waals surface area contributed by atoms with Crippen molar-refractivity contribution in [2.45, 2.75) is 56.0 Å². The number of carbonyl (C=O) groups is 2. The summed E-state index contributed by atoms with van der Waals surface area (Å²) < 4.78 is 0. The highest BCUT2D eigenvalue weighted by molar-refractivity contribution is 8.00. The first kappa shape index (κ1) is 20.8. The van der Waals surface area contributed by atoms with Gasteiger partial charge >= 0.3 is 0 Å². The zero-order chi connectivity index (χ0) is 18.9. The van der Waals surface area contributed by atoms with E-state index in [9.17, 15) is 9.59 Å². The second kappa shape index (κ2) is 10.6. The van der Waals surface area contributed by atoms with Gasteiger partial charge in [-0.3, -0.25) is 9.59 Å². The maximum atomic E-state index is 12.5. The molecule has 5 nitrogen and oxygen atoms in total. The monoisotopic (exact) mass is 377 g/mol. The molecular weight excluding hydrogens is 346 g/mol. The van der Waals surface area contributed by atoms with Gasteiger partial charge in [0.25, 0.3) is 5.91 Å². The highest BCUT2D eigenvalue weighted by Gasteiger charge is 2.22. The van der Waals surface area contributed by atoms with Crippen LogP contribution in [0.4, 0.5) is 0 Å². The van der Waals surface area contributed by atoms with Crippen LogP contribution >= 0.6 is 11.8 Å². The van der Waals surface area contributed by atoms with E-state index in [1.165, 1.54) is 31.0 Å². The zero-order valence-corrected chi connectivity index (χ0v) is 16.9. The molecule has 2 N–H and O–H groups in total. The summed E-state index contributed by atoms with van der Waals surface area (Å²) >= 11 is 1.45. The molecule has 1 aromatic carbocycles. The fourth-order valence-electron chi connectivity index (χ4n) is 3.14. The van der Waals surface area contributed by atoms with E-state index in [1.54, 1.807) is 0 Å². The summed E-state index contributed by atoms with van der Waals surface area (Å²) in [5.74, 6) is 0.411. The number of amides is 2. The van der Waals surface area contributed by atoms with Crippen LogP contribution in [-0.2, 0) is 4.79 Å². The van der Waals surface area contributed by atoms with E-state index < -0.39 is 0 Å². The first-order valence-electron chi connectivity index (χ1n) is 9.46. The van der Waals surface area contributed by atoms with Crippen molar-refractivity contribution in [2.24, 2.45) is 0 Å². The fourth-order valence-corrected chi connectivity index (χ4v) is 4.11. The van der Waals surface area contributed by atoms with Crippen molar-refractivity contribution in [2.75, 3.05) is 26.4 Å². The van der Waals surface area contributed by atoms with E-state index in [0.717, 1.165) is 17.7 Å². The molecule has 6 heteroatoms. The molecule has 26 heavy (non-hydrogen) atoms. The standard InChI is InChI=1S/C20H31N3O2S/c1-15(21-2)13-22-20(25)17-11-7-8-12-18(17)26-14-19(24)23(3)16-9-5-4-6-10-16/h7-8,11-12,15-16,21H,4-6,9-10,13-14H2,1-3H3,(H,22,25). The SMILES string of the molecule is CNC(C)CNC(=O)c1ccccc1SCC(=O)N(C)C1CCCCC1. The van der Waals surface area contributed by atoms with Gasteiger partial charge in [-0.15, -0.1) is 11.8 Å². The topological polar surface area (TPSA) is 61.4 Å². The maximum Gasteiger partial charge on any atom is 0.252 e. The van der Waals surface area contributed by atoms with Crippen LogP contribution < -0.4 is 10.6 Å². The summed E-state index contributed by atoms with van der Waals surface area (Å²) in [5.41, 5.74) is 0.633. The minimum absolute atomic E-state index is 0.0942. The number of likely N-dealkylation sites (N-methyl/N-ethyl adjacent to an activating group) is 1. The van der Waals surface area contributed by atoms with Crippen molar-refractivity contribution in [3.05, 3.63) is 29.8 Å². The lowest BCUT2D eigenvalue weighted by atomic mass is 9.94. The van der Waals surface area contributed by atoms with Crippen LogP contribution in [-0.4, -0.2) is 55.2 Å². The third kappa shape index (κ3) is 6.02. The molecule has 0 aromatic heterocycles. The molecule has 1 aromatic rings. The molecule has 2 amide bonds. The second-order valence-electron chi connectivity index (χ2n) is 6.98. The molecule has 0 saturated heterocycles.